The number of hydrogen-bond acceptors (Lipinski definition) is 6. The highest BCUT2D eigenvalue weighted by Crippen LogP contribution is 2.39. The third-order valence-electron chi connectivity index (χ3n) is 5.67. The summed E-state index contributed by atoms with van der Waals surface area (Å²) in [4.78, 5) is 37.2. The van der Waals surface area contributed by atoms with E-state index in [0.29, 0.717) is 30.9 Å². The summed E-state index contributed by atoms with van der Waals surface area (Å²) < 4.78 is 50.0. The largest absolute Gasteiger partial charge is 0.454 e. The fourth-order valence-corrected chi connectivity index (χ4v) is 4.63. The molecule has 11 heteroatoms. The van der Waals surface area contributed by atoms with Crippen molar-refractivity contribution in [1.82, 2.24) is 15.5 Å². The lowest BCUT2D eigenvalue weighted by Crippen LogP contribution is -2.46. The van der Waals surface area contributed by atoms with Gasteiger partial charge in [-0.25, -0.2) is 13.2 Å². The molecule has 2 aromatic carbocycles. The van der Waals surface area contributed by atoms with Crippen molar-refractivity contribution >= 4 is 28.8 Å². The zero-order valence-corrected chi connectivity index (χ0v) is 19.0. The van der Waals surface area contributed by atoms with E-state index >= 15 is 0 Å². The third kappa shape index (κ3) is 5.05. The number of piperazine rings is 1. The van der Waals surface area contributed by atoms with Gasteiger partial charge in [0.1, 0.15) is 23.0 Å². The van der Waals surface area contributed by atoms with Gasteiger partial charge >= 0.3 is 0 Å². The fourth-order valence-electron chi connectivity index (χ4n) is 3.81. The molecule has 7 nitrogen and oxygen atoms in total. The molecular weight excluding hydrogens is 471 g/mol. The molecule has 2 unspecified atom stereocenters. The summed E-state index contributed by atoms with van der Waals surface area (Å²) >= 11 is 0.393. The first kappa shape index (κ1) is 24.1. The lowest BCUT2D eigenvalue weighted by Gasteiger charge is -2.27. The number of ether oxygens (including phenoxy) is 1. The van der Waals surface area contributed by atoms with Gasteiger partial charge in [-0.1, -0.05) is 12.1 Å². The molecule has 2 saturated heterocycles. The Morgan fingerprint density at radius 2 is 1.88 bits per heavy atom. The standard InChI is InChI=1S/C23H22F3N3O4S/c1-12-18(25)15(19(26)21-22(31)28-23(32)34-21)11-16(24)20(12)33-14-4-2-13(3-5-14)10-17(30)29-8-6-27-7-9-29/h2-5,11,19,21,27H,6-10H2,1H3,(H,28,31,32). The average molecular weight is 494 g/mol. The zero-order valence-electron chi connectivity index (χ0n) is 18.2. The van der Waals surface area contributed by atoms with E-state index in [9.17, 15) is 27.6 Å². The molecule has 2 atom stereocenters. The summed E-state index contributed by atoms with van der Waals surface area (Å²) in [6.45, 7) is 4.05. The van der Waals surface area contributed by atoms with Crippen molar-refractivity contribution in [3.63, 3.8) is 0 Å². The Balaban J connectivity index is 1.47. The maximum atomic E-state index is 14.9. The minimum Gasteiger partial charge on any atom is -0.454 e. The van der Waals surface area contributed by atoms with Crippen LogP contribution in [0.25, 0.3) is 0 Å². The van der Waals surface area contributed by atoms with Crippen molar-refractivity contribution in [1.29, 1.82) is 0 Å². The molecule has 2 aromatic rings. The predicted octanol–water partition coefficient (Wildman–Crippen LogP) is 3.40. The number of benzene rings is 2. The SMILES string of the molecule is Cc1c(F)c(C(F)C2SC(=O)NC2=O)cc(F)c1Oc1ccc(CC(=O)N2CCNCC2)cc1. The number of nitrogens with one attached hydrogen (secondary N) is 2. The number of carbonyl (C=O) groups excluding carboxylic acids is 3. The number of halogens is 3. The number of nitrogens with zero attached hydrogens (tertiary/aromatic N) is 1. The summed E-state index contributed by atoms with van der Waals surface area (Å²) in [5, 5.41) is 2.87. The molecule has 0 spiro atoms. The molecule has 2 aliphatic heterocycles. The number of amides is 3. The monoisotopic (exact) mass is 493 g/mol. The van der Waals surface area contributed by atoms with E-state index in [-0.39, 0.29) is 23.6 Å². The topological polar surface area (TPSA) is 87.7 Å². The summed E-state index contributed by atoms with van der Waals surface area (Å²) in [6, 6.07) is 7.04. The lowest BCUT2D eigenvalue weighted by atomic mass is 10.0. The molecular formula is C23H22F3N3O4S. The van der Waals surface area contributed by atoms with Gasteiger partial charge in [-0.15, -0.1) is 0 Å². The quantitative estimate of drug-likeness (QED) is 0.642. The van der Waals surface area contributed by atoms with Crippen molar-refractivity contribution in [3.05, 3.63) is 58.7 Å². The molecule has 0 aliphatic carbocycles. The first-order valence-electron chi connectivity index (χ1n) is 10.6. The van der Waals surface area contributed by atoms with Crippen LogP contribution < -0.4 is 15.4 Å². The van der Waals surface area contributed by atoms with E-state index in [4.69, 9.17) is 4.74 Å². The van der Waals surface area contributed by atoms with Gasteiger partial charge in [0.25, 0.3) is 5.24 Å². The van der Waals surface area contributed by atoms with Gasteiger partial charge in [-0.2, -0.15) is 0 Å². The van der Waals surface area contributed by atoms with Crippen molar-refractivity contribution < 1.29 is 32.3 Å². The Kier molecular flexibility index (Phi) is 7.13. The number of alkyl halides is 1. The van der Waals surface area contributed by atoms with Crippen LogP contribution in [0.2, 0.25) is 0 Å². The van der Waals surface area contributed by atoms with Crippen LogP contribution in [0.15, 0.2) is 30.3 Å². The zero-order chi connectivity index (χ0) is 24.4. The van der Waals surface area contributed by atoms with Gasteiger partial charge < -0.3 is 15.0 Å². The summed E-state index contributed by atoms with van der Waals surface area (Å²) in [6.07, 6.45) is -2.00. The average Bonchev–Trinajstić information content (AvgIpc) is 3.18. The van der Waals surface area contributed by atoms with Crippen LogP contribution in [0.1, 0.15) is 22.9 Å². The van der Waals surface area contributed by atoms with Gasteiger partial charge in [0.2, 0.25) is 11.8 Å². The highest BCUT2D eigenvalue weighted by molar-refractivity contribution is 8.15. The van der Waals surface area contributed by atoms with Crippen LogP contribution in [0.3, 0.4) is 0 Å². The summed E-state index contributed by atoms with van der Waals surface area (Å²) in [5.74, 6) is -3.17. The number of hydrogen-bond donors (Lipinski definition) is 2. The Labute approximate surface area is 198 Å². The first-order chi connectivity index (χ1) is 16.2. The minimum absolute atomic E-state index is 0.00583. The molecule has 0 saturated carbocycles. The van der Waals surface area contributed by atoms with Crippen molar-refractivity contribution in [2.24, 2.45) is 0 Å². The molecule has 2 heterocycles. The van der Waals surface area contributed by atoms with Crippen molar-refractivity contribution in [2.75, 3.05) is 26.2 Å². The second-order valence-corrected chi connectivity index (χ2v) is 9.10. The molecule has 2 fully saturated rings. The Morgan fingerprint density at radius 3 is 2.50 bits per heavy atom. The van der Waals surface area contributed by atoms with Crippen molar-refractivity contribution in [3.8, 4) is 11.5 Å². The highest BCUT2D eigenvalue weighted by Gasteiger charge is 2.41. The van der Waals surface area contributed by atoms with Crippen LogP contribution >= 0.6 is 11.8 Å². The molecule has 0 radical (unpaired) electrons. The van der Waals surface area contributed by atoms with E-state index in [1.807, 2.05) is 5.32 Å². The minimum atomic E-state index is -2.22. The normalized spacial score (nSPS) is 19.2. The molecule has 180 valence electrons. The maximum Gasteiger partial charge on any atom is 0.286 e. The van der Waals surface area contributed by atoms with Crippen LogP contribution in [-0.4, -0.2) is 53.4 Å². The number of carbonyl (C=O) groups is 3. The molecule has 2 aliphatic rings. The summed E-state index contributed by atoms with van der Waals surface area (Å²) in [7, 11) is 0. The van der Waals surface area contributed by atoms with Gasteiger partial charge in [-0.05, 0) is 42.4 Å². The Morgan fingerprint density at radius 1 is 1.21 bits per heavy atom. The van der Waals surface area contributed by atoms with Gasteiger partial charge in [0.05, 0.1) is 6.42 Å². The molecule has 4 rings (SSSR count). The molecule has 3 amide bonds. The Bertz CT molecular complexity index is 1120. The molecule has 2 N–H and O–H groups in total. The third-order valence-corrected chi connectivity index (χ3v) is 6.69. The molecule has 34 heavy (non-hydrogen) atoms. The second-order valence-electron chi connectivity index (χ2n) is 7.99. The summed E-state index contributed by atoms with van der Waals surface area (Å²) in [5.41, 5.74) is -0.186. The maximum absolute atomic E-state index is 14.9. The van der Waals surface area contributed by atoms with E-state index in [2.05, 4.69) is 5.32 Å². The van der Waals surface area contributed by atoms with Gasteiger partial charge in [0, 0.05) is 37.3 Å². The van der Waals surface area contributed by atoms with Crippen LogP contribution in [0.4, 0.5) is 18.0 Å². The Hall–Kier alpha value is -3.05. The first-order valence-corrected chi connectivity index (χ1v) is 11.5. The molecule has 0 aromatic heterocycles. The van der Waals surface area contributed by atoms with Gasteiger partial charge in [-0.3, -0.25) is 19.7 Å². The van der Waals surface area contributed by atoms with Crippen LogP contribution in [0, 0.1) is 18.6 Å². The van der Waals surface area contributed by atoms with E-state index < -0.39 is 45.5 Å². The van der Waals surface area contributed by atoms with Crippen molar-refractivity contribution in [2.45, 2.75) is 24.8 Å². The lowest BCUT2D eigenvalue weighted by molar-refractivity contribution is -0.131. The van der Waals surface area contributed by atoms with Crippen LogP contribution in [0.5, 0.6) is 11.5 Å². The fraction of sp³-hybridized carbons (Fsp3) is 0.348. The second kappa shape index (κ2) is 10.1. The number of imide groups is 1. The molecule has 0 bridgehead atoms. The van der Waals surface area contributed by atoms with Crippen LogP contribution in [-0.2, 0) is 16.0 Å². The van der Waals surface area contributed by atoms with E-state index in [0.717, 1.165) is 18.7 Å². The van der Waals surface area contributed by atoms with E-state index in [1.165, 1.54) is 19.1 Å². The van der Waals surface area contributed by atoms with Gasteiger partial charge in [0.15, 0.2) is 11.6 Å². The number of thioether (sulfide) groups is 1. The highest BCUT2D eigenvalue weighted by atomic mass is 32.2. The smallest absolute Gasteiger partial charge is 0.286 e. The van der Waals surface area contributed by atoms with E-state index in [1.54, 1.807) is 17.0 Å². The number of rotatable bonds is 6. The predicted molar refractivity (Wildman–Crippen MR) is 120 cm³/mol.